The molecular formula is C21H25N5O2. The van der Waals surface area contributed by atoms with Crippen LogP contribution in [0.2, 0.25) is 0 Å². The van der Waals surface area contributed by atoms with Crippen molar-refractivity contribution >= 4 is 5.91 Å². The number of aromatic nitrogens is 4. The van der Waals surface area contributed by atoms with E-state index in [0.717, 1.165) is 28.3 Å². The van der Waals surface area contributed by atoms with Crippen LogP contribution in [0.15, 0.2) is 36.4 Å². The van der Waals surface area contributed by atoms with Crippen LogP contribution in [-0.2, 0) is 11.8 Å². The smallest absolute Gasteiger partial charge is 0.272 e. The van der Waals surface area contributed by atoms with Crippen LogP contribution in [0.1, 0.15) is 39.2 Å². The zero-order valence-electron chi connectivity index (χ0n) is 16.7. The molecule has 0 saturated carbocycles. The number of morpholine rings is 1. The second-order valence-corrected chi connectivity index (χ2v) is 7.22. The molecule has 1 aromatic carbocycles. The molecule has 1 amide bonds. The third-order valence-electron chi connectivity index (χ3n) is 5.29. The van der Waals surface area contributed by atoms with Gasteiger partial charge in [0.05, 0.1) is 36.3 Å². The minimum Gasteiger partial charge on any atom is -0.377 e. The van der Waals surface area contributed by atoms with Gasteiger partial charge in [-0.25, -0.2) is 4.68 Å². The van der Waals surface area contributed by atoms with Gasteiger partial charge in [0.25, 0.3) is 5.91 Å². The Morgan fingerprint density at radius 2 is 1.89 bits per heavy atom. The Morgan fingerprint density at radius 3 is 2.57 bits per heavy atom. The van der Waals surface area contributed by atoms with Crippen LogP contribution in [-0.4, -0.2) is 50.1 Å². The van der Waals surface area contributed by atoms with Crippen molar-refractivity contribution in [2.45, 2.75) is 26.8 Å². The van der Waals surface area contributed by atoms with Crippen molar-refractivity contribution in [3.05, 3.63) is 64.7 Å². The maximum atomic E-state index is 13.3. The van der Waals surface area contributed by atoms with Crippen LogP contribution in [0.25, 0.3) is 5.69 Å². The summed E-state index contributed by atoms with van der Waals surface area (Å²) < 4.78 is 9.35. The summed E-state index contributed by atoms with van der Waals surface area (Å²) in [6.07, 6.45) is 0. The molecule has 0 bridgehead atoms. The van der Waals surface area contributed by atoms with Crippen molar-refractivity contribution < 1.29 is 9.53 Å². The van der Waals surface area contributed by atoms with Gasteiger partial charge in [-0.3, -0.25) is 9.48 Å². The van der Waals surface area contributed by atoms with Gasteiger partial charge in [-0.1, -0.05) is 18.2 Å². The van der Waals surface area contributed by atoms with Gasteiger partial charge >= 0.3 is 0 Å². The fraction of sp³-hybridized carbons (Fsp3) is 0.381. The summed E-state index contributed by atoms with van der Waals surface area (Å²) in [5.41, 5.74) is 5.42. The number of hydrogen-bond donors (Lipinski definition) is 0. The fourth-order valence-corrected chi connectivity index (χ4v) is 4.00. The third kappa shape index (κ3) is 3.11. The van der Waals surface area contributed by atoms with Crippen molar-refractivity contribution in [1.82, 2.24) is 24.5 Å². The predicted molar refractivity (Wildman–Crippen MR) is 106 cm³/mol. The first-order valence-electron chi connectivity index (χ1n) is 9.48. The molecule has 1 fully saturated rings. The van der Waals surface area contributed by atoms with Crippen molar-refractivity contribution in [3.63, 3.8) is 0 Å². The first kappa shape index (κ1) is 18.4. The Kier molecular flexibility index (Phi) is 4.77. The lowest BCUT2D eigenvalue weighted by atomic mass is 10.0. The number of amides is 1. The van der Waals surface area contributed by atoms with Gasteiger partial charge in [-0.15, -0.1) is 0 Å². The lowest BCUT2D eigenvalue weighted by molar-refractivity contribution is -0.00360. The standard InChI is InChI=1S/C21H25N5O2/c1-14-12-18(24(4)22-14)21(27)25-10-11-28-13-19(25)20-15(2)23-26(16(20)3)17-8-6-5-7-9-17/h5-9,12,19H,10-11,13H2,1-4H3. The van der Waals surface area contributed by atoms with Crippen LogP contribution in [0.4, 0.5) is 0 Å². The summed E-state index contributed by atoms with van der Waals surface area (Å²) in [6.45, 7) is 7.48. The summed E-state index contributed by atoms with van der Waals surface area (Å²) in [5.74, 6) is -0.0253. The quantitative estimate of drug-likeness (QED) is 0.702. The molecule has 1 aliphatic heterocycles. The van der Waals surface area contributed by atoms with Gasteiger partial charge < -0.3 is 9.64 Å². The predicted octanol–water partition coefficient (Wildman–Crippen LogP) is 2.74. The van der Waals surface area contributed by atoms with E-state index >= 15 is 0 Å². The first-order valence-corrected chi connectivity index (χ1v) is 9.48. The fourth-order valence-electron chi connectivity index (χ4n) is 4.00. The summed E-state index contributed by atoms with van der Waals surface area (Å²) in [6, 6.07) is 11.7. The Labute approximate surface area is 164 Å². The molecule has 0 radical (unpaired) electrons. The Morgan fingerprint density at radius 1 is 1.14 bits per heavy atom. The van der Waals surface area contributed by atoms with Crippen LogP contribution in [0.5, 0.6) is 0 Å². The van der Waals surface area contributed by atoms with Crippen LogP contribution < -0.4 is 0 Å². The summed E-state index contributed by atoms with van der Waals surface area (Å²) in [7, 11) is 1.81. The van der Waals surface area contributed by atoms with E-state index in [2.05, 4.69) is 5.10 Å². The minimum atomic E-state index is -0.172. The van der Waals surface area contributed by atoms with E-state index in [1.165, 1.54) is 0 Å². The Bertz CT molecular complexity index is 1010. The topological polar surface area (TPSA) is 65.2 Å². The molecular weight excluding hydrogens is 354 g/mol. The van der Waals surface area contributed by atoms with Gasteiger partial charge in [-0.05, 0) is 39.0 Å². The normalized spacial score (nSPS) is 17.1. The number of benzene rings is 1. The highest BCUT2D eigenvalue weighted by atomic mass is 16.5. The molecule has 2 aromatic heterocycles. The van der Waals surface area contributed by atoms with E-state index in [0.29, 0.717) is 25.5 Å². The number of ether oxygens (including phenoxy) is 1. The van der Waals surface area contributed by atoms with Crippen molar-refractivity contribution in [1.29, 1.82) is 0 Å². The van der Waals surface area contributed by atoms with E-state index in [1.807, 2.05) is 66.8 Å². The molecule has 1 aliphatic rings. The first-order chi connectivity index (χ1) is 13.5. The zero-order valence-corrected chi connectivity index (χ0v) is 16.7. The van der Waals surface area contributed by atoms with Gasteiger partial charge in [0.1, 0.15) is 5.69 Å². The molecule has 146 valence electrons. The molecule has 3 aromatic rings. The average molecular weight is 379 g/mol. The minimum absolute atomic E-state index is 0.0253. The number of rotatable bonds is 3. The van der Waals surface area contributed by atoms with Crippen LogP contribution >= 0.6 is 0 Å². The molecule has 7 nitrogen and oxygen atoms in total. The zero-order chi connectivity index (χ0) is 19.8. The highest BCUT2D eigenvalue weighted by Crippen LogP contribution is 2.31. The average Bonchev–Trinajstić information content (AvgIpc) is 3.19. The number of aryl methyl sites for hydroxylation is 3. The van der Waals surface area contributed by atoms with Crippen molar-refractivity contribution in [3.8, 4) is 5.69 Å². The molecule has 0 spiro atoms. The Hall–Kier alpha value is -2.93. The number of hydrogen-bond acceptors (Lipinski definition) is 4. The maximum absolute atomic E-state index is 13.3. The van der Waals surface area contributed by atoms with E-state index < -0.39 is 0 Å². The van der Waals surface area contributed by atoms with E-state index in [4.69, 9.17) is 9.84 Å². The molecule has 1 unspecified atom stereocenters. The summed E-state index contributed by atoms with van der Waals surface area (Å²) in [5, 5.41) is 9.07. The SMILES string of the molecule is Cc1cc(C(=O)N2CCOCC2c2c(C)nn(-c3ccccc3)c2C)n(C)n1. The Balaban J connectivity index is 1.74. The largest absolute Gasteiger partial charge is 0.377 e. The second kappa shape index (κ2) is 7.24. The summed E-state index contributed by atoms with van der Waals surface area (Å²) in [4.78, 5) is 15.2. The van der Waals surface area contributed by atoms with Crippen molar-refractivity contribution in [2.24, 2.45) is 7.05 Å². The third-order valence-corrected chi connectivity index (χ3v) is 5.29. The number of para-hydroxylation sites is 1. The number of carbonyl (C=O) groups excluding carboxylic acids is 1. The molecule has 4 rings (SSSR count). The lowest BCUT2D eigenvalue weighted by Crippen LogP contribution is -2.44. The van der Waals surface area contributed by atoms with Gasteiger partial charge in [0.15, 0.2) is 0 Å². The van der Waals surface area contributed by atoms with Gasteiger partial charge in [-0.2, -0.15) is 10.2 Å². The molecule has 7 heteroatoms. The van der Waals surface area contributed by atoms with Crippen LogP contribution in [0, 0.1) is 20.8 Å². The number of carbonyl (C=O) groups is 1. The van der Waals surface area contributed by atoms with Gasteiger partial charge in [0, 0.05) is 24.8 Å². The second-order valence-electron chi connectivity index (χ2n) is 7.22. The molecule has 1 atom stereocenters. The number of nitrogens with zero attached hydrogens (tertiary/aromatic N) is 5. The van der Waals surface area contributed by atoms with E-state index in [9.17, 15) is 4.79 Å². The van der Waals surface area contributed by atoms with Gasteiger partial charge in [0.2, 0.25) is 0 Å². The van der Waals surface area contributed by atoms with Crippen molar-refractivity contribution in [2.75, 3.05) is 19.8 Å². The van der Waals surface area contributed by atoms with E-state index in [-0.39, 0.29) is 11.9 Å². The molecule has 1 saturated heterocycles. The molecule has 3 heterocycles. The summed E-state index contributed by atoms with van der Waals surface area (Å²) >= 11 is 0. The molecule has 0 aliphatic carbocycles. The monoisotopic (exact) mass is 379 g/mol. The highest BCUT2D eigenvalue weighted by molar-refractivity contribution is 5.93. The maximum Gasteiger partial charge on any atom is 0.272 e. The van der Waals surface area contributed by atoms with E-state index in [1.54, 1.807) is 11.7 Å². The molecule has 28 heavy (non-hydrogen) atoms. The lowest BCUT2D eigenvalue weighted by Gasteiger charge is -2.36. The highest BCUT2D eigenvalue weighted by Gasteiger charge is 2.34. The van der Waals surface area contributed by atoms with Crippen LogP contribution in [0.3, 0.4) is 0 Å². The molecule has 0 N–H and O–H groups in total.